The summed E-state index contributed by atoms with van der Waals surface area (Å²) in [6.45, 7) is 0. The van der Waals surface area contributed by atoms with Crippen LogP contribution >= 0.6 is 0 Å². The molecule has 9 heteroatoms. The van der Waals surface area contributed by atoms with Gasteiger partial charge in [-0.25, -0.2) is 19.0 Å². The SMILES string of the molecule is COc1cc(/C=N/Nc2ncnc3c2cnn3-c2cccc(F)c2)ccc1O. The van der Waals surface area contributed by atoms with Crippen LogP contribution in [0.1, 0.15) is 5.56 Å². The monoisotopic (exact) mass is 378 g/mol. The van der Waals surface area contributed by atoms with E-state index < -0.39 is 0 Å². The molecule has 4 aromatic rings. The first-order chi connectivity index (χ1) is 13.7. The molecule has 0 unspecified atom stereocenters. The topological polar surface area (TPSA) is 97.5 Å². The summed E-state index contributed by atoms with van der Waals surface area (Å²) in [5.41, 5.74) is 4.65. The second-order valence-corrected chi connectivity index (χ2v) is 5.80. The number of phenols is 1. The lowest BCUT2D eigenvalue weighted by molar-refractivity contribution is 0.373. The Morgan fingerprint density at radius 2 is 2.11 bits per heavy atom. The lowest BCUT2D eigenvalue weighted by Crippen LogP contribution is -2.00. The first kappa shape index (κ1) is 17.4. The van der Waals surface area contributed by atoms with E-state index in [0.29, 0.717) is 28.3 Å². The average molecular weight is 378 g/mol. The molecule has 8 nitrogen and oxygen atoms in total. The van der Waals surface area contributed by atoms with Gasteiger partial charge >= 0.3 is 0 Å². The van der Waals surface area contributed by atoms with Gasteiger partial charge in [-0.2, -0.15) is 10.2 Å². The maximum Gasteiger partial charge on any atom is 0.168 e. The predicted octanol–water partition coefficient (Wildman–Crippen LogP) is 3.11. The third kappa shape index (κ3) is 3.32. The molecule has 0 amide bonds. The summed E-state index contributed by atoms with van der Waals surface area (Å²) < 4.78 is 20.1. The van der Waals surface area contributed by atoms with E-state index in [9.17, 15) is 9.50 Å². The number of hydrazone groups is 1. The van der Waals surface area contributed by atoms with Gasteiger partial charge in [0, 0.05) is 0 Å². The fourth-order valence-electron chi connectivity index (χ4n) is 2.67. The van der Waals surface area contributed by atoms with Gasteiger partial charge in [-0.15, -0.1) is 0 Å². The van der Waals surface area contributed by atoms with Crippen molar-refractivity contribution in [2.75, 3.05) is 12.5 Å². The Hall–Kier alpha value is -4.01. The second-order valence-electron chi connectivity index (χ2n) is 5.80. The van der Waals surface area contributed by atoms with Crippen molar-refractivity contribution >= 4 is 23.1 Å². The molecule has 0 atom stereocenters. The van der Waals surface area contributed by atoms with Gasteiger partial charge in [-0.1, -0.05) is 6.07 Å². The molecule has 0 radical (unpaired) electrons. The molecule has 0 aliphatic rings. The van der Waals surface area contributed by atoms with E-state index in [1.807, 2.05) is 0 Å². The number of hydrogen-bond donors (Lipinski definition) is 2. The molecular formula is C19H15FN6O2. The minimum Gasteiger partial charge on any atom is -0.504 e. The van der Waals surface area contributed by atoms with Crippen LogP contribution in [0, 0.1) is 5.82 Å². The standard InChI is InChI=1S/C19H15FN6O2/c1-28-17-7-12(5-6-16(17)27)9-23-25-18-15-10-24-26(19(15)22-11-21-18)14-4-2-3-13(20)8-14/h2-11,27H,1H3,(H,21,22,25)/b23-9+. The van der Waals surface area contributed by atoms with E-state index in [4.69, 9.17) is 4.74 Å². The van der Waals surface area contributed by atoms with Crippen molar-refractivity contribution in [1.29, 1.82) is 0 Å². The molecule has 0 saturated heterocycles. The van der Waals surface area contributed by atoms with Crippen molar-refractivity contribution in [3.05, 3.63) is 66.4 Å². The van der Waals surface area contributed by atoms with E-state index in [0.717, 1.165) is 5.56 Å². The van der Waals surface area contributed by atoms with Crippen molar-refractivity contribution in [2.45, 2.75) is 0 Å². The third-order valence-corrected chi connectivity index (χ3v) is 4.01. The minimum absolute atomic E-state index is 0.0508. The zero-order valence-corrected chi connectivity index (χ0v) is 14.7. The summed E-state index contributed by atoms with van der Waals surface area (Å²) in [7, 11) is 1.47. The molecular weight excluding hydrogens is 363 g/mol. The molecule has 2 N–H and O–H groups in total. The van der Waals surface area contributed by atoms with E-state index in [1.165, 1.54) is 36.3 Å². The van der Waals surface area contributed by atoms with Crippen molar-refractivity contribution in [3.8, 4) is 17.2 Å². The Labute approximate surface area is 158 Å². The highest BCUT2D eigenvalue weighted by Gasteiger charge is 2.11. The molecule has 0 bridgehead atoms. The largest absolute Gasteiger partial charge is 0.504 e. The number of ether oxygens (including phenoxy) is 1. The van der Waals surface area contributed by atoms with E-state index in [2.05, 4.69) is 25.6 Å². The summed E-state index contributed by atoms with van der Waals surface area (Å²) in [6.07, 6.45) is 4.52. The molecule has 2 aromatic carbocycles. The number of nitrogens with one attached hydrogen (secondary N) is 1. The number of hydrogen-bond acceptors (Lipinski definition) is 7. The number of phenolic OH excluding ortho intramolecular Hbond substituents is 1. The molecule has 0 aliphatic carbocycles. The minimum atomic E-state index is -0.359. The average Bonchev–Trinajstić information content (AvgIpc) is 3.14. The van der Waals surface area contributed by atoms with E-state index in [1.54, 1.807) is 36.7 Å². The Balaban J connectivity index is 1.61. The summed E-state index contributed by atoms with van der Waals surface area (Å²) in [5, 5.41) is 18.7. The lowest BCUT2D eigenvalue weighted by atomic mass is 10.2. The van der Waals surface area contributed by atoms with Gasteiger partial charge in [-0.05, 0) is 42.0 Å². The van der Waals surface area contributed by atoms with Crippen molar-refractivity contribution in [2.24, 2.45) is 5.10 Å². The Morgan fingerprint density at radius 1 is 1.21 bits per heavy atom. The first-order valence-corrected chi connectivity index (χ1v) is 8.26. The molecule has 0 aliphatic heterocycles. The highest BCUT2D eigenvalue weighted by molar-refractivity contribution is 5.88. The van der Waals surface area contributed by atoms with Gasteiger partial charge in [0.25, 0.3) is 0 Å². The predicted molar refractivity (Wildman–Crippen MR) is 102 cm³/mol. The van der Waals surface area contributed by atoms with Gasteiger partial charge in [0.05, 0.1) is 30.6 Å². The highest BCUT2D eigenvalue weighted by Crippen LogP contribution is 2.26. The molecule has 0 fully saturated rings. The van der Waals surface area contributed by atoms with Crippen LogP contribution in [0.25, 0.3) is 16.7 Å². The van der Waals surface area contributed by atoms with Crippen molar-refractivity contribution < 1.29 is 14.2 Å². The number of methoxy groups -OCH3 is 1. The molecule has 0 spiro atoms. The van der Waals surface area contributed by atoms with E-state index in [-0.39, 0.29) is 11.6 Å². The lowest BCUT2D eigenvalue weighted by Gasteiger charge is -2.05. The van der Waals surface area contributed by atoms with Crippen LogP contribution in [0.5, 0.6) is 11.5 Å². The zero-order valence-electron chi connectivity index (χ0n) is 14.7. The Morgan fingerprint density at radius 3 is 2.93 bits per heavy atom. The fraction of sp³-hybridized carbons (Fsp3) is 0.0526. The van der Waals surface area contributed by atoms with Gasteiger partial charge in [-0.3, -0.25) is 5.43 Å². The Kier molecular flexibility index (Phi) is 4.55. The van der Waals surface area contributed by atoms with Gasteiger partial charge < -0.3 is 9.84 Å². The number of halogens is 1. The van der Waals surface area contributed by atoms with Crippen LogP contribution in [0.3, 0.4) is 0 Å². The third-order valence-electron chi connectivity index (χ3n) is 4.01. The normalized spacial score (nSPS) is 11.2. The number of rotatable bonds is 5. The van der Waals surface area contributed by atoms with Crippen LogP contribution in [-0.2, 0) is 0 Å². The molecule has 4 rings (SSSR count). The fourth-order valence-corrected chi connectivity index (χ4v) is 2.67. The molecule has 0 saturated carbocycles. The number of aromatic hydroxyl groups is 1. The van der Waals surface area contributed by atoms with Crippen molar-refractivity contribution in [1.82, 2.24) is 19.7 Å². The van der Waals surface area contributed by atoms with Crippen molar-refractivity contribution in [3.63, 3.8) is 0 Å². The number of nitrogens with zero attached hydrogens (tertiary/aromatic N) is 5. The molecule has 2 aromatic heterocycles. The second kappa shape index (κ2) is 7.31. The molecule has 28 heavy (non-hydrogen) atoms. The van der Waals surface area contributed by atoms with E-state index >= 15 is 0 Å². The smallest absolute Gasteiger partial charge is 0.168 e. The summed E-state index contributed by atoms with van der Waals surface area (Å²) in [4.78, 5) is 8.42. The zero-order chi connectivity index (χ0) is 19.5. The number of benzene rings is 2. The molecule has 140 valence electrons. The maximum absolute atomic E-state index is 13.5. The van der Waals surface area contributed by atoms with Gasteiger partial charge in [0.2, 0.25) is 0 Å². The summed E-state index contributed by atoms with van der Waals surface area (Å²) >= 11 is 0. The summed E-state index contributed by atoms with van der Waals surface area (Å²) in [6, 6.07) is 10.9. The highest BCUT2D eigenvalue weighted by atomic mass is 19.1. The number of aromatic nitrogens is 4. The van der Waals surface area contributed by atoms with Crippen LogP contribution < -0.4 is 10.2 Å². The van der Waals surface area contributed by atoms with Crippen LogP contribution in [0.2, 0.25) is 0 Å². The number of anilines is 1. The quantitative estimate of drug-likeness (QED) is 0.409. The number of fused-ring (bicyclic) bond motifs is 1. The van der Waals surface area contributed by atoms with Crippen LogP contribution in [0.4, 0.5) is 10.2 Å². The van der Waals surface area contributed by atoms with Gasteiger partial charge in [0.1, 0.15) is 12.1 Å². The molecule has 2 heterocycles. The van der Waals surface area contributed by atoms with Crippen LogP contribution in [0.15, 0.2) is 60.1 Å². The summed E-state index contributed by atoms with van der Waals surface area (Å²) in [5.74, 6) is 0.497. The van der Waals surface area contributed by atoms with Gasteiger partial charge in [0.15, 0.2) is 23.0 Å². The Bertz CT molecular complexity index is 1170. The van der Waals surface area contributed by atoms with Crippen LogP contribution in [-0.4, -0.2) is 38.2 Å². The maximum atomic E-state index is 13.5. The first-order valence-electron chi connectivity index (χ1n) is 8.26.